The Kier molecular flexibility index (Phi) is 21.8. The third kappa shape index (κ3) is 17.6. The van der Waals surface area contributed by atoms with Crippen LogP contribution in [0, 0.1) is 0 Å². The van der Waals surface area contributed by atoms with Crippen molar-refractivity contribution >= 4 is 38.6 Å². The van der Waals surface area contributed by atoms with Crippen LogP contribution in [0.15, 0.2) is 72.8 Å². The lowest BCUT2D eigenvalue weighted by Gasteiger charge is -2.40. The summed E-state index contributed by atoms with van der Waals surface area (Å²) >= 11 is -5.53. The molecule has 0 fully saturated rings. The summed E-state index contributed by atoms with van der Waals surface area (Å²) < 4.78 is 117. The number of fused-ring (bicyclic) bond motifs is 6. The van der Waals surface area contributed by atoms with E-state index in [1.165, 1.54) is 0 Å². The summed E-state index contributed by atoms with van der Waals surface area (Å²) in [5.41, 5.74) is -5.84. The number of phosphoric ester groups is 3. The minimum absolute atomic E-state index is 0.264. The van der Waals surface area contributed by atoms with E-state index in [1.807, 2.05) is 286 Å². The fourth-order valence-corrected chi connectivity index (χ4v) is 21.2. The summed E-state index contributed by atoms with van der Waals surface area (Å²) in [6.45, 7) is 69.0. The van der Waals surface area contributed by atoms with E-state index in [-0.39, 0.29) is 67.9 Å². The second kappa shape index (κ2) is 27.1. The number of benzene rings is 6. The maximum atomic E-state index is 17.8. The van der Waals surface area contributed by atoms with Crippen LogP contribution < -0.4 is 27.1 Å². The highest BCUT2D eigenvalue weighted by atomic mass is 31.2. The first-order valence-corrected chi connectivity index (χ1v) is 43.7. The van der Waals surface area contributed by atoms with Gasteiger partial charge in [0.2, 0.25) is 17.4 Å². The van der Waals surface area contributed by atoms with Gasteiger partial charge in [0.1, 0.15) is 34.5 Å². The summed E-state index contributed by atoms with van der Waals surface area (Å²) in [6.07, 6.45) is 0. The predicted molar refractivity (Wildman–Crippen MR) is 434 cm³/mol. The summed E-state index contributed by atoms with van der Waals surface area (Å²) in [4.78, 5) is 0. The van der Waals surface area contributed by atoms with E-state index in [0.29, 0.717) is 66.8 Å². The molecule has 600 valence electrons. The molecule has 3 aliphatic heterocycles. The van der Waals surface area contributed by atoms with Crippen molar-refractivity contribution < 1.29 is 82.2 Å². The second-order valence-corrected chi connectivity index (χ2v) is 49.8. The molecule has 0 spiro atoms. The van der Waals surface area contributed by atoms with E-state index in [2.05, 4.69) is 0 Å². The molecule has 0 aliphatic carbocycles. The molecule has 0 radical (unpaired) electrons. The summed E-state index contributed by atoms with van der Waals surface area (Å²) in [7, 11) is -17.7. The van der Waals surface area contributed by atoms with Gasteiger partial charge in [-0.2, -0.15) is 0 Å². The fourth-order valence-electron chi connectivity index (χ4n) is 13.5. The predicted octanol–water partition coefficient (Wildman–Crippen LogP) is 21.9. The maximum Gasteiger partial charge on any atom is 0.936 e. The smallest absolute Gasteiger partial charge is 0.396 e. The van der Waals surface area contributed by atoms with Gasteiger partial charge < -0.3 is 68.5 Å². The van der Waals surface area contributed by atoms with Gasteiger partial charge in [0.05, 0.1) is 33.4 Å². The number of aliphatic hydroxyl groups is 6. The molecule has 6 N–H and O–H groups in total. The van der Waals surface area contributed by atoms with Crippen molar-refractivity contribution in [2.24, 2.45) is 0 Å². The van der Waals surface area contributed by atoms with E-state index >= 15 is 13.7 Å². The lowest BCUT2D eigenvalue weighted by molar-refractivity contribution is -0.135. The van der Waals surface area contributed by atoms with Crippen molar-refractivity contribution in [2.45, 2.75) is 332 Å². The van der Waals surface area contributed by atoms with Crippen LogP contribution in [-0.2, 0) is 107 Å². The van der Waals surface area contributed by atoms with E-state index < -0.39 is 121 Å². The van der Waals surface area contributed by atoms with Crippen molar-refractivity contribution in [3.63, 3.8) is 0 Å². The molecule has 3 heterocycles. The average Bonchev–Trinajstić information content (AvgIpc) is 0.726. The molecule has 6 aromatic rings. The van der Waals surface area contributed by atoms with Gasteiger partial charge in [0.15, 0.2) is 0 Å². The van der Waals surface area contributed by atoms with E-state index in [9.17, 15) is 30.6 Å². The average molecular weight is 1580 g/mol. The summed E-state index contributed by atoms with van der Waals surface area (Å²) in [5, 5.41) is 80.8. The van der Waals surface area contributed by atoms with Crippen LogP contribution in [0.4, 0.5) is 0 Å². The molecule has 18 nitrogen and oxygen atoms in total. The quantitative estimate of drug-likeness (QED) is 0.0515. The molecule has 0 aromatic heterocycles. The number of phosphoric acid groups is 3. The highest BCUT2D eigenvalue weighted by Crippen LogP contribution is 2.68. The first-order chi connectivity index (χ1) is 48.4. The van der Waals surface area contributed by atoms with Gasteiger partial charge in [-0.15, -0.1) is 0 Å². The zero-order valence-corrected chi connectivity index (χ0v) is 75.8. The van der Waals surface area contributed by atoms with Gasteiger partial charge in [0.25, 0.3) is 0 Å². The minimum atomic E-state index is -5.89. The lowest BCUT2D eigenvalue weighted by atomic mass is 9.75. The molecule has 0 saturated heterocycles. The third-order valence-corrected chi connectivity index (χ3v) is 28.3. The molecule has 9 rings (SSSR count). The fraction of sp³-hybridized carbons (Fsp3) is 0.586. The molecule has 22 heteroatoms. The van der Waals surface area contributed by atoms with Crippen molar-refractivity contribution in [3.8, 4) is 34.5 Å². The second-order valence-electron chi connectivity index (χ2n) is 42.9. The Bertz CT molecular complexity index is 4000. The Morgan fingerprint density at radius 3 is 0.450 bits per heavy atom. The first kappa shape index (κ1) is 87.9. The van der Waals surface area contributed by atoms with Crippen LogP contribution in [0.3, 0.4) is 0 Å². The maximum absolute atomic E-state index is 17.8. The first-order valence-electron chi connectivity index (χ1n) is 37.9. The molecule has 0 saturated carbocycles. The zero-order chi connectivity index (χ0) is 83.3. The van der Waals surface area contributed by atoms with Gasteiger partial charge in [-0.1, -0.05) is 286 Å². The molecule has 0 amide bonds. The zero-order valence-electron chi connectivity index (χ0n) is 71.9. The highest BCUT2D eigenvalue weighted by Gasteiger charge is 2.62. The van der Waals surface area contributed by atoms with E-state index in [1.54, 1.807) is 36.4 Å². The van der Waals surface area contributed by atoms with Gasteiger partial charge in [-0.25, -0.2) is 13.7 Å². The van der Waals surface area contributed by atoms with Crippen molar-refractivity contribution in [2.75, 3.05) is 0 Å². The molecule has 109 heavy (non-hydrogen) atoms. The van der Waals surface area contributed by atoms with Gasteiger partial charge in [-0.3, -0.25) is 0 Å². The number of hydrogen-bond acceptors (Lipinski definition) is 18. The molecule has 0 bridgehead atoms. The lowest BCUT2D eigenvalue weighted by Crippen LogP contribution is -2.37. The van der Waals surface area contributed by atoms with Crippen molar-refractivity contribution in [1.29, 1.82) is 0 Å². The van der Waals surface area contributed by atoms with Gasteiger partial charge in [-0.05, 0) is 135 Å². The summed E-state index contributed by atoms with van der Waals surface area (Å²) in [6, 6.07) is 20.4. The molecular formula is C87H126AlO18P3. The van der Waals surface area contributed by atoms with Crippen LogP contribution in [0.1, 0.15) is 349 Å². The Labute approximate surface area is 656 Å². The molecule has 0 atom stereocenters. The largest absolute Gasteiger partial charge is 0.936 e. The Morgan fingerprint density at radius 1 is 0.229 bits per heavy atom. The van der Waals surface area contributed by atoms with Crippen LogP contribution in [0.5, 0.6) is 34.5 Å². The number of rotatable bonds is 6. The topological polar surface area (TPSA) is 256 Å². The van der Waals surface area contributed by atoms with Crippen LogP contribution in [0.2, 0.25) is 0 Å². The van der Waals surface area contributed by atoms with Crippen LogP contribution >= 0.6 is 23.5 Å². The Hall–Kier alpha value is -5.02. The van der Waals surface area contributed by atoms with E-state index in [4.69, 9.17) is 37.9 Å². The normalized spacial score (nSPS) is 18.0. The molecule has 0 unspecified atom stereocenters. The molecular weight excluding hydrogens is 1450 g/mol. The van der Waals surface area contributed by atoms with Crippen LogP contribution in [-0.4, -0.2) is 45.8 Å². The SMILES string of the molecule is CC(C)(C)c1cc(C(C)(C)C)c2c(c1)C(O)(O)c1cc(C(C)(C)C)cc(C(C)(C)C)c1OP(=O)([O][Al]([O]P1(=O)Oc3c(C(C)(C)C)cc(C(C)(C)C)cc3C(O)(O)c3cc(C(C)(C)C)cc(C(C)(C)C)c3O1)[O]P1(=O)Oc3c(C(C)(C)C)cc(C(C)(C)C)cc3C(O)(O)c3cc(C(C)(C)C)cc(C(C)(C)C)c3O1)O2. The highest BCUT2D eigenvalue weighted by molar-refractivity contribution is 7.54. The van der Waals surface area contributed by atoms with Crippen molar-refractivity contribution in [3.05, 3.63) is 173 Å². The van der Waals surface area contributed by atoms with Gasteiger partial charge >= 0.3 is 38.6 Å². The van der Waals surface area contributed by atoms with Crippen LogP contribution in [0.25, 0.3) is 0 Å². The summed E-state index contributed by atoms with van der Waals surface area (Å²) in [5.74, 6) is -11.2. The minimum Gasteiger partial charge on any atom is -0.396 e. The standard InChI is InChI=1S/3C29H43O6P.Al/c3*1-25(2,3)17-13-19(27(7,8)9)23-21(15-17)29(30,31)22-16-18(26(4,5)6)14-20(28(10,11)12)24(22)35-36(32,33)34-23;/h3*13-16,30-31H,1-12H3,(H,32,33);/q;;;+3/p-3. The van der Waals surface area contributed by atoms with E-state index in [0.717, 1.165) is 0 Å². The van der Waals surface area contributed by atoms with Crippen molar-refractivity contribution in [1.82, 2.24) is 0 Å². The Balaban J connectivity index is 1.50. The number of hydrogen-bond donors (Lipinski definition) is 6. The van der Waals surface area contributed by atoms with Gasteiger partial charge in [0, 0.05) is 33.4 Å². The monoisotopic (exact) mass is 1580 g/mol. The molecule has 6 aromatic carbocycles. The molecule has 3 aliphatic rings. The Morgan fingerprint density at radius 2 is 0.349 bits per heavy atom. The third-order valence-electron chi connectivity index (χ3n) is 20.7.